The maximum Gasteiger partial charge on any atom is 0.197 e. The van der Waals surface area contributed by atoms with Gasteiger partial charge in [-0.15, -0.1) is 0 Å². The third-order valence-corrected chi connectivity index (χ3v) is 4.26. The molecule has 3 aromatic rings. The smallest absolute Gasteiger partial charge is 0.197 e. The van der Waals surface area contributed by atoms with Crippen LogP contribution in [0.5, 0.6) is 0 Å². The topological polar surface area (TPSA) is 38.1 Å². The minimum atomic E-state index is -0.273. The van der Waals surface area contributed by atoms with E-state index in [-0.39, 0.29) is 11.9 Å². The Morgan fingerprint density at radius 1 is 1.24 bits per heavy atom. The van der Waals surface area contributed by atoms with Gasteiger partial charge in [-0.3, -0.25) is 0 Å². The molecule has 0 saturated heterocycles. The molecule has 0 amide bonds. The van der Waals surface area contributed by atoms with Crippen LogP contribution in [0.2, 0.25) is 0 Å². The molecule has 1 heterocycles. The summed E-state index contributed by atoms with van der Waals surface area (Å²) in [6.45, 7) is 0. The molecule has 0 fully saturated rings. The highest BCUT2D eigenvalue weighted by Crippen LogP contribution is 2.28. The average molecular weight is 349 g/mol. The standard InChI is InChI=1S/C16H14BrFN2O/c1-19-13(10-5-4-6-11(18)16(10)17)9-15-20-12-7-2-3-8-14(12)21-15/h2-8,13,19H,9H2,1H3. The summed E-state index contributed by atoms with van der Waals surface area (Å²) in [6, 6.07) is 12.6. The zero-order valence-corrected chi connectivity index (χ0v) is 13.0. The molecule has 21 heavy (non-hydrogen) atoms. The van der Waals surface area contributed by atoms with Gasteiger partial charge < -0.3 is 9.73 Å². The lowest BCUT2D eigenvalue weighted by atomic mass is 10.0. The number of benzene rings is 2. The van der Waals surface area contributed by atoms with Crippen LogP contribution >= 0.6 is 15.9 Å². The number of oxazole rings is 1. The number of fused-ring (bicyclic) bond motifs is 1. The van der Waals surface area contributed by atoms with Crippen molar-refractivity contribution in [2.45, 2.75) is 12.5 Å². The molecule has 0 spiro atoms. The number of nitrogens with zero attached hydrogens (tertiary/aromatic N) is 1. The molecule has 3 rings (SSSR count). The number of halogens is 2. The first-order valence-corrected chi connectivity index (χ1v) is 7.44. The number of aromatic nitrogens is 1. The molecule has 1 unspecified atom stereocenters. The van der Waals surface area contributed by atoms with E-state index in [1.165, 1.54) is 6.07 Å². The fourth-order valence-corrected chi connectivity index (χ4v) is 2.88. The van der Waals surface area contributed by atoms with E-state index in [2.05, 4.69) is 26.2 Å². The third-order valence-electron chi connectivity index (χ3n) is 3.42. The number of rotatable bonds is 4. The van der Waals surface area contributed by atoms with E-state index in [4.69, 9.17) is 4.42 Å². The SMILES string of the molecule is CNC(Cc1nc2ccccc2o1)c1cccc(F)c1Br. The predicted molar refractivity (Wildman–Crippen MR) is 83.6 cm³/mol. The second kappa shape index (κ2) is 5.95. The van der Waals surface area contributed by atoms with Crippen molar-refractivity contribution < 1.29 is 8.81 Å². The summed E-state index contributed by atoms with van der Waals surface area (Å²) in [5, 5.41) is 3.18. The quantitative estimate of drug-likeness (QED) is 0.766. The molecule has 0 aliphatic carbocycles. The van der Waals surface area contributed by atoms with E-state index >= 15 is 0 Å². The predicted octanol–water partition coefficient (Wildman–Crippen LogP) is 4.23. The Kier molecular flexibility index (Phi) is 4.03. The van der Waals surface area contributed by atoms with Crippen molar-refractivity contribution in [3.63, 3.8) is 0 Å². The van der Waals surface area contributed by atoms with Crippen molar-refractivity contribution in [2.75, 3.05) is 7.05 Å². The van der Waals surface area contributed by atoms with Crippen molar-refractivity contribution in [1.29, 1.82) is 0 Å². The molecule has 0 saturated carbocycles. The molecule has 5 heteroatoms. The van der Waals surface area contributed by atoms with Crippen molar-refractivity contribution in [3.8, 4) is 0 Å². The highest BCUT2D eigenvalue weighted by atomic mass is 79.9. The minimum Gasteiger partial charge on any atom is -0.441 e. The van der Waals surface area contributed by atoms with Gasteiger partial charge in [-0.25, -0.2) is 9.37 Å². The molecule has 0 radical (unpaired) electrons. The first-order chi connectivity index (χ1) is 10.2. The van der Waals surface area contributed by atoms with Crippen molar-refractivity contribution in [1.82, 2.24) is 10.3 Å². The number of nitrogens with one attached hydrogen (secondary N) is 1. The van der Waals surface area contributed by atoms with Gasteiger partial charge in [-0.05, 0) is 46.7 Å². The molecule has 3 nitrogen and oxygen atoms in total. The molecular weight excluding hydrogens is 335 g/mol. The lowest BCUT2D eigenvalue weighted by molar-refractivity contribution is 0.471. The van der Waals surface area contributed by atoms with Crippen molar-refractivity contribution >= 4 is 27.0 Å². The summed E-state index contributed by atoms with van der Waals surface area (Å²) in [4.78, 5) is 4.46. The van der Waals surface area contributed by atoms with Gasteiger partial charge in [-0.2, -0.15) is 0 Å². The molecule has 1 aromatic heterocycles. The lowest BCUT2D eigenvalue weighted by Crippen LogP contribution is -2.19. The van der Waals surface area contributed by atoms with Gasteiger partial charge >= 0.3 is 0 Å². The Morgan fingerprint density at radius 3 is 2.81 bits per heavy atom. The normalized spacial score (nSPS) is 12.7. The molecule has 0 bridgehead atoms. The monoisotopic (exact) mass is 348 g/mol. The van der Waals surface area contributed by atoms with Crippen molar-refractivity contribution in [3.05, 3.63) is 64.2 Å². The van der Waals surface area contributed by atoms with E-state index in [1.807, 2.05) is 37.4 Å². The number of hydrogen-bond acceptors (Lipinski definition) is 3. The summed E-state index contributed by atoms with van der Waals surface area (Å²) in [7, 11) is 1.84. The molecule has 1 atom stereocenters. The molecule has 0 aliphatic heterocycles. The highest BCUT2D eigenvalue weighted by Gasteiger charge is 2.18. The van der Waals surface area contributed by atoms with Crippen LogP contribution < -0.4 is 5.32 Å². The Labute approximate surface area is 130 Å². The Hall–Kier alpha value is -1.72. The first kappa shape index (κ1) is 14.2. The van der Waals surface area contributed by atoms with Gasteiger partial charge in [0.15, 0.2) is 11.5 Å². The third kappa shape index (κ3) is 2.84. The summed E-state index contributed by atoms with van der Waals surface area (Å²) in [6.07, 6.45) is 0.549. The number of likely N-dealkylation sites (N-methyl/N-ethyl adjacent to an activating group) is 1. The average Bonchev–Trinajstić information content (AvgIpc) is 2.90. The lowest BCUT2D eigenvalue weighted by Gasteiger charge is -2.16. The van der Waals surface area contributed by atoms with Crippen LogP contribution in [-0.4, -0.2) is 12.0 Å². The van der Waals surface area contributed by atoms with Crippen LogP contribution in [0.4, 0.5) is 4.39 Å². The van der Waals surface area contributed by atoms with E-state index in [0.717, 1.165) is 16.7 Å². The van der Waals surface area contributed by atoms with Crippen LogP contribution in [0.25, 0.3) is 11.1 Å². The van der Waals surface area contributed by atoms with Crippen molar-refractivity contribution in [2.24, 2.45) is 0 Å². The second-order valence-electron chi connectivity index (χ2n) is 4.76. The van der Waals surface area contributed by atoms with Gasteiger partial charge in [0.2, 0.25) is 0 Å². The Balaban J connectivity index is 1.92. The van der Waals surface area contributed by atoms with E-state index in [9.17, 15) is 4.39 Å². The minimum absolute atomic E-state index is 0.0804. The second-order valence-corrected chi connectivity index (χ2v) is 5.56. The maximum atomic E-state index is 13.7. The van der Waals surface area contributed by atoms with Gasteiger partial charge in [0.05, 0.1) is 4.47 Å². The molecule has 1 N–H and O–H groups in total. The van der Waals surface area contributed by atoms with E-state index < -0.39 is 0 Å². The fraction of sp³-hybridized carbons (Fsp3) is 0.188. The van der Waals surface area contributed by atoms with Gasteiger partial charge in [-0.1, -0.05) is 24.3 Å². The zero-order valence-electron chi connectivity index (χ0n) is 11.4. The zero-order chi connectivity index (χ0) is 14.8. The highest BCUT2D eigenvalue weighted by molar-refractivity contribution is 9.10. The van der Waals surface area contributed by atoms with Crippen LogP contribution in [0.15, 0.2) is 51.4 Å². The fourth-order valence-electron chi connectivity index (χ4n) is 2.34. The maximum absolute atomic E-state index is 13.7. The first-order valence-electron chi connectivity index (χ1n) is 6.64. The molecule has 108 valence electrons. The Morgan fingerprint density at radius 2 is 2.05 bits per heavy atom. The summed E-state index contributed by atoms with van der Waals surface area (Å²) in [5.74, 6) is 0.358. The van der Waals surface area contributed by atoms with Crippen LogP contribution in [-0.2, 0) is 6.42 Å². The number of hydrogen-bond donors (Lipinski definition) is 1. The van der Waals surface area contributed by atoms with Crippen LogP contribution in [0, 0.1) is 5.82 Å². The molecule has 2 aromatic carbocycles. The molecule has 0 aliphatic rings. The summed E-state index contributed by atoms with van der Waals surface area (Å²) < 4.78 is 19.9. The molecular formula is C16H14BrFN2O. The van der Waals surface area contributed by atoms with Crippen LogP contribution in [0.3, 0.4) is 0 Å². The van der Waals surface area contributed by atoms with E-state index in [1.54, 1.807) is 6.07 Å². The number of para-hydroxylation sites is 2. The summed E-state index contributed by atoms with van der Waals surface area (Å²) >= 11 is 3.30. The van der Waals surface area contributed by atoms with Gasteiger partial charge in [0, 0.05) is 12.5 Å². The Bertz CT molecular complexity index is 739. The van der Waals surface area contributed by atoms with E-state index in [0.29, 0.717) is 16.8 Å². The largest absolute Gasteiger partial charge is 0.441 e. The van der Waals surface area contributed by atoms with Gasteiger partial charge in [0.1, 0.15) is 11.3 Å². The summed E-state index contributed by atoms with van der Waals surface area (Å²) in [5.41, 5.74) is 2.45. The van der Waals surface area contributed by atoms with Crippen LogP contribution in [0.1, 0.15) is 17.5 Å². The van der Waals surface area contributed by atoms with Gasteiger partial charge in [0.25, 0.3) is 0 Å².